The first-order valence-corrected chi connectivity index (χ1v) is 7.29. The van der Waals surface area contributed by atoms with Crippen LogP contribution in [0, 0.1) is 5.92 Å². The molecule has 0 aliphatic carbocycles. The molecule has 3 nitrogen and oxygen atoms in total. The molecular weight excluding hydrogens is 236 g/mol. The van der Waals surface area contributed by atoms with E-state index in [9.17, 15) is 0 Å². The van der Waals surface area contributed by atoms with E-state index in [1.807, 2.05) is 7.05 Å². The Morgan fingerprint density at radius 3 is 2.58 bits per heavy atom. The van der Waals surface area contributed by atoms with E-state index < -0.39 is 0 Å². The van der Waals surface area contributed by atoms with Gasteiger partial charge >= 0.3 is 0 Å². The molecule has 1 fully saturated rings. The number of morpholine rings is 1. The van der Waals surface area contributed by atoms with Crippen molar-refractivity contribution in [2.45, 2.75) is 32.4 Å². The van der Waals surface area contributed by atoms with Crippen LogP contribution in [0.1, 0.15) is 31.0 Å². The lowest BCUT2D eigenvalue weighted by Gasteiger charge is -2.31. The molecule has 3 heteroatoms. The Morgan fingerprint density at radius 2 is 2.05 bits per heavy atom. The standard InChI is InChI=1S/C16H26N2O/c1-12(2)10-13-4-6-14(7-5-13)16(17-3)15-11-18-8-9-19-15/h4-7,12,15-18H,8-11H2,1-3H3. The fourth-order valence-corrected chi connectivity index (χ4v) is 2.70. The molecule has 0 saturated carbocycles. The van der Waals surface area contributed by atoms with Gasteiger partial charge in [0.2, 0.25) is 0 Å². The number of benzene rings is 1. The Balaban J connectivity index is 2.05. The van der Waals surface area contributed by atoms with Gasteiger partial charge in [0.05, 0.1) is 18.8 Å². The molecule has 1 aliphatic heterocycles. The maximum absolute atomic E-state index is 5.86. The van der Waals surface area contributed by atoms with E-state index in [4.69, 9.17) is 4.74 Å². The molecule has 0 radical (unpaired) electrons. The highest BCUT2D eigenvalue weighted by molar-refractivity contribution is 5.26. The molecule has 2 unspecified atom stereocenters. The quantitative estimate of drug-likeness (QED) is 0.853. The smallest absolute Gasteiger partial charge is 0.0894 e. The molecule has 106 valence electrons. The first kappa shape index (κ1) is 14.5. The van der Waals surface area contributed by atoms with Crippen LogP contribution in [-0.4, -0.2) is 32.8 Å². The lowest BCUT2D eigenvalue weighted by molar-refractivity contribution is 0.00537. The van der Waals surface area contributed by atoms with E-state index in [0.29, 0.717) is 5.92 Å². The summed E-state index contributed by atoms with van der Waals surface area (Å²) in [7, 11) is 2.00. The third-order valence-corrected chi connectivity index (χ3v) is 3.62. The van der Waals surface area contributed by atoms with Crippen LogP contribution in [0.3, 0.4) is 0 Å². The lowest BCUT2D eigenvalue weighted by Crippen LogP contribution is -2.45. The van der Waals surface area contributed by atoms with Crippen molar-refractivity contribution in [3.8, 4) is 0 Å². The molecule has 2 atom stereocenters. The number of hydrogen-bond acceptors (Lipinski definition) is 3. The van der Waals surface area contributed by atoms with Crippen molar-refractivity contribution in [1.29, 1.82) is 0 Å². The summed E-state index contributed by atoms with van der Waals surface area (Å²) < 4.78 is 5.86. The topological polar surface area (TPSA) is 33.3 Å². The highest BCUT2D eigenvalue weighted by atomic mass is 16.5. The van der Waals surface area contributed by atoms with Crippen molar-refractivity contribution in [2.24, 2.45) is 5.92 Å². The van der Waals surface area contributed by atoms with E-state index in [2.05, 4.69) is 48.7 Å². The third-order valence-electron chi connectivity index (χ3n) is 3.62. The van der Waals surface area contributed by atoms with Gasteiger partial charge in [0.25, 0.3) is 0 Å². The highest BCUT2D eigenvalue weighted by Gasteiger charge is 2.24. The molecule has 0 amide bonds. The van der Waals surface area contributed by atoms with Crippen molar-refractivity contribution in [3.05, 3.63) is 35.4 Å². The Labute approximate surface area is 116 Å². The van der Waals surface area contributed by atoms with Gasteiger partial charge < -0.3 is 15.4 Å². The van der Waals surface area contributed by atoms with Gasteiger partial charge in [0, 0.05) is 13.1 Å². The van der Waals surface area contributed by atoms with Crippen LogP contribution in [0.2, 0.25) is 0 Å². The minimum absolute atomic E-state index is 0.217. The number of hydrogen-bond donors (Lipinski definition) is 2. The van der Waals surface area contributed by atoms with E-state index in [1.54, 1.807) is 0 Å². The van der Waals surface area contributed by atoms with Gasteiger partial charge in [0.1, 0.15) is 0 Å². The molecule has 1 saturated heterocycles. The zero-order valence-corrected chi connectivity index (χ0v) is 12.3. The maximum Gasteiger partial charge on any atom is 0.0894 e. The molecule has 1 heterocycles. The second-order valence-electron chi connectivity index (χ2n) is 5.72. The SMILES string of the molecule is CNC(c1ccc(CC(C)C)cc1)C1CNCCO1. The van der Waals surface area contributed by atoms with Gasteiger partial charge in [-0.05, 0) is 30.5 Å². The molecule has 1 aromatic carbocycles. The van der Waals surface area contributed by atoms with E-state index >= 15 is 0 Å². The predicted octanol–water partition coefficient (Wildman–Crippen LogP) is 2.13. The van der Waals surface area contributed by atoms with Crippen molar-refractivity contribution in [2.75, 3.05) is 26.7 Å². The summed E-state index contributed by atoms with van der Waals surface area (Å²) in [5.41, 5.74) is 2.72. The van der Waals surface area contributed by atoms with Crippen molar-refractivity contribution in [1.82, 2.24) is 10.6 Å². The number of rotatable bonds is 5. The van der Waals surface area contributed by atoms with Crippen LogP contribution in [0.15, 0.2) is 24.3 Å². The minimum atomic E-state index is 0.217. The van der Waals surface area contributed by atoms with E-state index in [1.165, 1.54) is 11.1 Å². The summed E-state index contributed by atoms with van der Waals surface area (Å²) >= 11 is 0. The normalized spacial score (nSPS) is 21.6. The van der Waals surface area contributed by atoms with Crippen LogP contribution in [-0.2, 0) is 11.2 Å². The predicted molar refractivity (Wildman–Crippen MR) is 79.4 cm³/mol. The van der Waals surface area contributed by atoms with E-state index in [-0.39, 0.29) is 12.1 Å². The summed E-state index contributed by atoms with van der Waals surface area (Å²) in [6.07, 6.45) is 1.36. The fraction of sp³-hybridized carbons (Fsp3) is 0.625. The zero-order valence-electron chi connectivity index (χ0n) is 12.3. The van der Waals surface area contributed by atoms with Crippen molar-refractivity contribution >= 4 is 0 Å². The Morgan fingerprint density at radius 1 is 1.32 bits per heavy atom. The first-order valence-electron chi connectivity index (χ1n) is 7.29. The molecule has 1 aliphatic rings. The van der Waals surface area contributed by atoms with Gasteiger partial charge in [0.15, 0.2) is 0 Å². The van der Waals surface area contributed by atoms with Gasteiger partial charge in [-0.2, -0.15) is 0 Å². The van der Waals surface area contributed by atoms with Gasteiger partial charge in [-0.3, -0.25) is 0 Å². The third kappa shape index (κ3) is 4.03. The van der Waals surface area contributed by atoms with Crippen LogP contribution >= 0.6 is 0 Å². The first-order chi connectivity index (χ1) is 9.20. The van der Waals surface area contributed by atoms with Crippen LogP contribution in [0.5, 0.6) is 0 Å². The van der Waals surface area contributed by atoms with Crippen LogP contribution in [0.25, 0.3) is 0 Å². The van der Waals surface area contributed by atoms with E-state index in [0.717, 1.165) is 26.1 Å². The second-order valence-corrected chi connectivity index (χ2v) is 5.72. The average molecular weight is 262 g/mol. The molecule has 1 aromatic rings. The lowest BCUT2D eigenvalue weighted by atomic mass is 9.96. The monoisotopic (exact) mass is 262 g/mol. The summed E-state index contributed by atoms with van der Waals surface area (Å²) in [5, 5.41) is 6.78. The number of likely N-dealkylation sites (N-methyl/N-ethyl adjacent to an activating group) is 1. The Bertz CT molecular complexity index is 369. The molecule has 0 spiro atoms. The Hall–Kier alpha value is -0.900. The molecule has 19 heavy (non-hydrogen) atoms. The summed E-state index contributed by atoms with van der Waals surface area (Å²) in [5.74, 6) is 0.705. The largest absolute Gasteiger partial charge is 0.374 e. The van der Waals surface area contributed by atoms with Crippen molar-refractivity contribution < 1.29 is 4.74 Å². The summed E-state index contributed by atoms with van der Waals surface area (Å²) in [6.45, 7) is 7.19. The zero-order chi connectivity index (χ0) is 13.7. The van der Waals surface area contributed by atoms with Crippen molar-refractivity contribution in [3.63, 3.8) is 0 Å². The molecule has 2 N–H and O–H groups in total. The Kier molecular flexibility index (Phi) is 5.37. The summed E-state index contributed by atoms with van der Waals surface area (Å²) in [6, 6.07) is 9.22. The van der Waals surface area contributed by atoms with Crippen LogP contribution < -0.4 is 10.6 Å². The van der Waals surface area contributed by atoms with Gasteiger partial charge in [-0.15, -0.1) is 0 Å². The van der Waals surface area contributed by atoms with Crippen LogP contribution in [0.4, 0.5) is 0 Å². The molecule has 0 bridgehead atoms. The fourth-order valence-electron chi connectivity index (χ4n) is 2.70. The van der Waals surface area contributed by atoms with Gasteiger partial charge in [-0.1, -0.05) is 38.1 Å². The maximum atomic E-state index is 5.86. The average Bonchev–Trinajstić information content (AvgIpc) is 2.42. The molecule has 2 rings (SSSR count). The molecular formula is C16H26N2O. The number of ether oxygens (including phenoxy) is 1. The highest BCUT2D eigenvalue weighted by Crippen LogP contribution is 2.21. The molecule has 0 aromatic heterocycles. The van der Waals surface area contributed by atoms with Gasteiger partial charge in [-0.25, -0.2) is 0 Å². The minimum Gasteiger partial charge on any atom is -0.374 e. The number of nitrogens with one attached hydrogen (secondary N) is 2. The summed E-state index contributed by atoms with van der Waals surface area (Å²) in [4.78, 5) is 0. The second kappa shape index (κ2) is 7.04.